The average Bonchev–Trinajstić information content (AvgIpc) is 2.99. The number of rotatable bonds is 6. The van der Waals surface area contributed by atoms with E-state index in [-0.39, 0.29) is 17.5 Å². The highest BCUT2D eigenvalue weighted by Crippen LogP contribution is 2.17. The van der Waals surface area contributed by atoms with Gasteiger partial charge in [0.05, 0.1) is 0 Å². The van der Waals surface area contributed by atoms with Gasteiger partial charge >= 0.3 is 0 Å². The van der Waals surface area contributed by atoms with Crippen LogP contribution in [0.2, 0.25) is 0 Å². The van der Waals surface area contributed by atoms with Crippen molar-refractivity contribution in [2.75, 3.05) is 19.8 Å². The summed E-state index contributed by atoms with van der Waals surface area (Å²) < 4.78 is 36.3. The molecule has 2 heterocycles. The number of aliphatic hydroxyl groups is 1. The van der Waals surface area contributed by atoms with E-state index in [2.05, 4.69) is 4.72 Å². The molecule has 18 heavy (non-hydrogen) atoms. The molecule has 0 aliphatic carbocycles. The van der Waals surface area contributed by atoms with E-state index in [4.69, 9.17) is 14.3 Å². The third-order valence-corrected chi connectivity index (χ3v) is 4.26. The fraction of sp³-hybridized carbons (Fsp3) is 0.636. The molecule has 0 aromatic carbocycles. The molecule has 1 saturated heterocycles. The largest absolute Gasteiger partial charge is 0.446 e. The van der Waals surface area contributed by atoms with Gasteiger partial charge in [-0.2, -0.15) is 0 Å². The Balaban J connectivity index is 1.86. The van der Waals surface area contributed by atoms with E-state index < -0.39 is 10.0 Å². The van der Waals surface area contributed by atoms with E-state index in [1.807, 2.05) is 0 Å². The SMILES string of the molecule is O=S(=O)(NCCC1CCOC1)c1ccc(CO)o1. The summed E-state index contributed by atoms with van der Waals surface area (Å²) in [5, 5.41) is 8.66. The van der Waals surface area contributed by atoms with Crippen molar-refractivity contribution < 1.29 is 22.7 Å². The molecule has 1 aromatic heterocycles. The van der Waals surface area contributed by atoms with Gasteiger partial charge < -0.3 is 14.3 Å². The maximum absolute atomic E-state index is 11.8. The predicted octanol–water partition coefficient (Wildman–Crippen LogP) is 0.477. The third kappa shape index (κ3) is 3.32. The second-order valence-electron chi connectivity index (χ2n) is 4.29. The summed E-state index contributed by atoms with van der Waals surface area (Å²) in [5.41, 5.74) is 0. The van der Waals surface area contributed by atoms with Crippen molar-refractivity contribution in [2.24, 2.45) is 5.92 Å². The van der Waals surface area contributed by atoms with Gasteiger partial charge in [0.25, 0.3) is 10.0 Å². The van der Waals surface area contributed by atoms with E-state index in [0.29, 0.717) is 19.1 Å². The van der Waals surface area contributed by atoms with Crippen molar-refractivity contribution in [1.82, 2.24) is 4.72 Å². The molecular weight excluding hydrogens is 258 g/mol. The Labute approximate surface area is 106 Å². The second kappa shape index (κ2) is 5.83. The maximum atomic E-state index is 11.8. The number of aliphatic hydroxyl groups excluding tert-OH is 1. The minimum Gasteiger partial charge on any atom is -0.446 e. The molecule has 0 saturated carbocycles. The summed E-state index contributed by atoms with van der Waals surface area (Å²) >= 11 is 0. The van der Waals surface area contributed by atoms with Gasteiger partial charge in [-0.15, -0.1) is 0 Å². The van der Waals surface area contributed by atoms with Crippen molar-refractivity contribution in [3.8, 4) is 0 Å². The second-order valence-corrected chi connectivity index (χ2v) is 5.99. The molecule has 6 nitrogen and oxygen atoms in total. The molecule has 0 amide bonds. The normalized spacial score (nSPS) is 20.4. The van der Waals surface area contributed by atoms with Gasteiger partial charge in [-0.1, -0.05) is 0 Å². The highest BCUT2D eigenvalue weighted by molar-refractivity contribution is 7.89. The Morgan fingerprint density at radius 3 is 2.89 bits per heavy atom. The summed E-state index contributed by atoms with van der Waals surface area (Å²) in [5.74, 6) is 0.664. The van der Waals surface area contributed by atoms with Gasteiger partial charge in [0.1, 0.15) is 12.4 Å². The Kier molecular flexibility index (Phi) is 4.39. The first kappa shape index (κ1) is 13.5. The van der Waals surface area contributed by atoms with Gasteiger partial charge in [-0.25, -0.2) is 13.1 Å². The first-order valence-electron chi connectivity index (χ1n) is 5.89. The van der Waals surface area contributed by atoms with Gasteiger partial charge in [0, 0.05) is 19.8 Å². The lowest BCUT2D eigenvalue weighted by atomic mass is 10.1. The molecule has 0 radical (unpaired) electrons. The number of hydrogen-bond acceptors (Lipinski definition) is 5. The van der Waals surface area contributed by atoms with Crippen LogP contribution in [-0.4, -0.2) is 33.3 Å². The molecule has 1 aromatic rings. The van der Waals surface area contributed by atoms with E-state index in [1.165, 1.54) is 12.1 Å². The molecule has 102 valence electrons. The topological polar surface area (TPSA) is 88.8 Å². The van der Waals surface area contributed by atoms with E-state index in [9.17, 15) is 8.42 Å². The van der Waals surface area contributed by atoms with Crippen LogP contribution in [0.1, 0.15) is 18.6 Å². The van der Waals surface area contributed by atoms with Crippen LogP contribution in [0.5, 0.6) is 0 Å². The minimum atomic E-state index is -3.61. The molecule has 0 spiro atoms. The number of hydrogen-bond donors (Lipinski definition) is 2. The Bertz CT molecular complexity index is 475. The molecular formula is C11H17NO5S. The number of furan rings is 1. The summed E-state index contributed by atoms with van der Waals surface area (Å²) in [4.78, 5) is 0. The smallest absolute Gasteiger partial charge is 0.273 e. The molecule has 2 rings (SSSR count). The van der Waals surface area contributed by atoms with Crippen LogP contribution in [0, 0.1) is 5.92 Å². The summed E-state index contributed by atoms with van der Waals surface area (Å²) in [6.45, 7) is 1.52. The molecule has 1 unspecified atom stereocenters. The number of ether oxygens (including phenoxy) is 1. The zero-order valence-corrected chi connectivity index (χ0v) is 10.8. The Hall–Kier alpha value is -0.890. The summed E-state index contributed by atoms with van der Waals surface area (Å²) in [6.07, 6.45) is 1.74. The minimum absolute atomic E-state index is 0.158. The van der Waals surface area contributed by atoms with Gasteiger partial charge in [0.15, 0.2) is 0 Å². The number of sulfonamides is 1. The van der Waals surface area contributed by atoms with Crippen LogP contribution < -0.4 is 4.72 Å². The van der Waals surface area contributed by atoms with Crippen molar-refractivity contribution in [3.63, 3.8) is 0 Å². The number of nitrogens with one attached hydrogen (secondary N) is 1. The summed E-state index contributed by atoms with van der Waals surface area (Å²) in [6, 6.07) is 2.78. The highest BCUT2D eigenvalue weighted by atomic mass is 32.2. The van der Waals surface area contributed by atoms with Crippen LogP contribution in [0.3, 0.4) is 0 Å². The Morgan fingerprint density at radius 1 is 1.44 bits per heavy atom. The van der Waals surface area contributed by atoms with E-state index in [0.717, 1.165) is 19.4 Å². The Morgan fingerprint density at radius 2 is 2.28 bits per heavy atom. The van der Waals surface area contributed by atoms with Crippen molar-refractivity contribution >= 4 is 10.0 Å². The van der Waals surface area contributed by atoms with Crippen molar-refractivity contribution in [2.45, 2.75) is 24.5 Å². The molecule has 1 atom stereocenters. The van der Waals surface area contributed by atoms with Gasteiger partial charge in [-0.05, 0) is 30.9 Å². The molecule has 1 aliphatic rings. The lowest BCUT2D eigenvalue weighted by Gasteiger charge is -2.07. The monoisotopic (exact) mass is 275 g/mol. The van der Waals surface area contributed by atoms with Crippen LogP contribution >= 0.6 is 0 Å². The zero-order valence-electron chi connectivity index (χ0n) is 9.96. The maximum Gasteiger partial charge on any atom is 0.273 e. The average molecular weight is 275 g/mol. The van der Waals surface area contributed by atoms with E-state index in [1.54, 1.807) is 0 Å². The molecule has 1 aliphatic heterocycles. The fourth-order valence-electron chi connectivity index (χ4n) is 1.87. The van der Waals surface area contributed by atoms with E-state index >= 15 is 0 Å². The molecule has 7 heteroatoms. The first-order chi connectivity index (χ1) is 8.62. The molecule has 0 bridgehead atoms. The lowest BCUT2D eigenvalue weighted by Crippen LogP contribution is -2.26. The fourth-order valence-corrected chi connectivity index (χ4v) is 2.86. The highest BCUT2D eigenvalue weighted by Gasteiger charge is 2.20. The summed E-state index contributed by atoms with van der Waals surface area (Å²) in [7, 11) is -3.61. The van der Waals surface area contributed by atoms with Crippen LogP contribution in [0.25, 0.3) is 0 Å². The van der Waals surface area contributed by atoms with Crippen LogP contribution in [0.15, 0.2) is 21.6 Å². The van der Waals surface area contributed by atoms with Crippen molar-refractivity contribution in [1.29, 1.82) is 0 Å². The standard InChI is InChI=1S/C11H17NO5S/c13-7-10-1-2-11(17-10)18(14,15)12-5-3-9-4-6-16-8-9/h1-2,9,12-13H,3-8H2. The van der Waals surface area contributed by atoms with Crippen molar-refractivity contribution in [3.05, 3.63) is 17.9 Å². The predicted molar refractivity (Wildman–Crippen MR) is 63.4 cm³/mol. The first-order valence-corrected chi connectivity index (χ1v) is 7.37. The third-order valence-electron chi connectivity index (χ3n) is 2.93. The van der Waals surface area contributed by atoms with Gasteiger partial charge in [-0.3, -0.25) is 0 Å². The van der Waals surface area contributed by atoms with Crippen LogP contribution in [0.4, 0.5) is 0 Å². The van der Waals surface area contributed by atoms with Crippen LogP contribution in [-0.2, 0) is 21.4 Å². The van der Waals surface area contributed by atoms with Gasteiger partial charge in [0.2, 0.25) is 5.09 Å². The lowest BCUT2D eigenvalue weighted by molar-refractivity contribution is 0.184. The molecule has 1 fully saturated rings. The quantitative estimate of drug-likeness (QED) is 0.788. The zero-order chi connectivity index (χ0) is 13.0. The molecule has 2 N–H and O–H groups in total.